The lowest BCUT2D eigenvalue weighted by Gasteiger charge is -1.95. The molecule has 2 N–H and O–H groups in total. The Morgan fingerprint density at radius 1 is 1.80 bits per heavy atom. The highest BCUT2D eigenvalue weighted by atomic mass is 16.3. The Labute approximate surface area is 59.6 Å². The highest BCUT2D eigenvalue weighted by Gasteiger charge is 1.99. The molecule has 0 saturated carbocycles. The third kappa shape index (κ3) is 1.45. The lowest BCUT2D eigenvalue weighted by molar-refractivity contribution is 0.542. The predicted octanol–water partition coefficient (Wildman–Crippen LogP) is 1.04. The van der Waals surface area contributed by atoms with Crippen molar-refractivity contribution in [1.82, 2.24) is 4.98 Å². The van der Waals surface area contributed by atoms with Crippen LogP contribution in [0.3, 0.4) is 0 Å². The van der Waals surface area contributed by atoms with Crippen molar-refractivity contribution in [3.63, 3.8) is 0 Å². The number of aromatic nitrogens is 1. The number of rotatable bonds is 3. The van der Waals surface area contributed by atoms with Gasteiger partial charge in [0.15, 0.2) is 6.39 Å². The largest absolute Gasteiger partial charge is 0.444 e. The van der Waals surface area contributed by atoms with E-state index in [2.05, 4.69) is 11.6 Å². The Bertz CT molecular complexity index is 203. The summed E-state index contributed by atoms with van der Waals surface area (Å²) in [5.74, 6) is 0.727. The summed E-state index contributed by atoms with van der Waals surface area (Å²) in [7, 11) is 0. The molecular formula is C7H10N2O. The Hall–Kier alpha value is -1.09. The van der Waals surface area contributed by atoms with Gasteiger partial charge in [0.25, 0.3) is 0 Å². The second kappa shape index (κ2) is 3.17. The van der Waals surface area contributed by atoms with Gasteiger partial charge in [-0.15, -0.1) is 0 Å². The van der Waals surface area contributed by atoms with E-state index in [-0.39, 0.29) is 0 Å². The maximum atomic E-state index is 5.31. The van der Waals surface area contributed by atoms with Crippen molar-refractivity contribution in [2.24, 2.45) is 5.73 Å². The van der Waals surface area contributed by atoms with Crippen LogP contribution in [0.5, 0.6) is 0 Å². The second-order valence-electron chi connectivity index (χ2n) is 2.01. The van der Waals surface area contributed by atoms with Gasteiger partial charge in [0.1, 0.15) is 5.76 Å². The van der Waals surface area contributed by atoms with Gasteiger partial charge in [-0.1, -0.05) is 6.58 Å². The van der Waals surface area contributed by atoms with E-state index < -0.39 is 0 Å². The highest BCUT2D eigenvalue weighted by Crippen LogP contribution is 2.12. The number of nitrogens with two attached hydrogens (primary N) is 1. The molecule has 3 nitrogen and oxygen atoms in total. The van der Waals surface area contributed by atoms with Crippen molar-refractivity contribution < 1.29 is 4.42 Å². The molecular weight excluding hydrogens is 128 g/mol. The minimum absolute atomic E-state index is 0.597. The minimum atomic E-state index is 0.597. The van der Waals surface area contributed by atoms with Crippen LogP contribution >= 0.6 is 0 Å². The van der Waals surface area contributed by atoms with Crippen LogP contribution in [0.4, 0.5) is 0 Å². The summed E-state index contributed by atoms with van der Waals surface area (Å²) < 4.78 is 4.98. The van der Waals surface area contributed by atoms with Crippen molar-refractivity contribution >= 4 is 5.57 Å². The third-order valence-corrected chi connectivity index (χ3v) is 1.23. The maximum absolute atomic E-state index is 5.31. The van der Waals surface area contributed by atoms with Crippen LogP contribution in [-0.4, -0.2) is 11.5 Å². The number of nitrogens with zero attached hydrogens (tertiary/aromatic N) is 1. The maximum Gasteiger partial charge on any atom is 0.181 e. The SMILES string of the molecule is C=C(CCN)c1cnco1. The molecule has 0 unspecified atom stereocenters. The van der Waals surface area contributed by atoms with Crippen molar-refractivity contribution in [1.29, 1.82) is 0 Å². The van der Waals surface area contributed by atoms with E-state index in [1.807, 2.05) is 0 Å². The standard InChI is InChI=1S/C7H10N2O/c1-6(2-3-8)7-4-9-5-10-7/h4-5H,1-3,8H2. The molecule has 54 valence electrons. The number of oxazole rings is 1. The summed E-state index contributed by atoms with van der Waals surface area (Å²) in [6.07, 6.45) is 3.78. The van der Waals surface area contributed by atoms with E-state index in [1.165, 1.54) is 6.39 Å². The molecule has 0 aliphatic carbocycles. The zero-order valence-electron chi connectivity index (χ0n) is 5.71. The molecule has 0 aliphatic rings. The molecule has 1 aromatic heterocycles. The van der Waals surface area contributed by atoms with Gasteiger partial charge in [0.05, 0.1) is 6.20 Å². The van der Waals surface area contributed by atoms with Gasteiger partial charge in [-0.25, -0.2) is 4.98 Å². The summed E-state index contributed by atoms with van der Waals surface area (Å²) in [6.45, 7) is 4.37. The summed E-state index contributed by atoms with van der Waals surface area (Å²) in [5, 5.41) is 0. The molecule has 0 fully saturated rings. The average Bonchev–Trinajstić information content (AvgIpc) is 2.38. The van der Waals surface area contributed by atoms with Gasteiger partial charge in [0.2, 0.25) is 0 Å². The fourth-order valence-electron chi connectivity index (χ4n) is 0.688. The molecule has 1 aromatic rings. The molecule has 1 heterocycles. The Kier molecular flexibility index (Phi) is 2.23. The van der Waals surface area contributed by atoms with E-state index in [0.29, 0.717) is 6.54 Å². The van der Waals surface area contributed by atoms with E-state index in [9.17, 15) is 0 Å². The first-order valence-corrected chi connectivity index (χ1v) is 3.11. The van der Waals surface area contributed by atoms with E-state index in [1.54, 1.807) is 6.20 Å². The van der Waals surface area contributed by atoms with Crippen LogP contribution < -0.4 is 5.73 Å². The summed E-state index contributed by atoms with van der Waals surface area (Å²) >= 11 is 0. The van der Waals surface area contributed by atoms with Crippen LogP contribution in [0, 0.1) is 0 Å². The first kappa shape index (κ1) is 7.02. The smallest absolute Gasteiger partial charge is 0.181 e. The molecule has 0 saturated heterocycles. The van der Waals surface area contributed by atoms with Gasteiger partial charge >= 0.3 is 0 Å². The molecule has 0 spiro atoms. The lowest BCUT2D eigenvalue weighted by Crippen LogP contribution is -1.98. The van der Waals surface area contributed by atoms with Gasteiger partial charge in [-0.2, -0.15) is 0 Å². The molecule has 0 bridgehead atoms. The predicted molar refractivity (Wildman–Crippen MR) is 39.2 cm³/mol. The quantitative estimate of drug-likeness (QED) is 0.678. The Morgan fingerprint density at radius 3 is 3.10 bits per heavy atom. The first-order valence-electron chi connectivity index (χ1n) is 3.11. The van der Waals surface area contributed by atoms with E-state index >= 15 is 0 Å². The van der Waals surface area contributed by atoms with E-state index in [0.717, 1.165) is 17.8 Å². The second-order valence-corrected chi connectivity index (χ2v) is 2.01. The molecule has 3 heteroatoms. The minimum Gasteiger partial charge on any atom is -0.444 e. The molecule has 0 atom stereocenters. The highest BCUT2D eigenvalue weighted by molar-refractivity contribution is 5.57. The lowest BCUT2D eigenvalue weighted by atomic mass is 10.2. The van der Waals surface area contributed by atoms with Crippen LogP contribution in [-0.2, 0) is 0 Å². The summed E-state index contributed by atoms with van der Waals surface area (Å²) in [5.41, 5.74) is 6.22. The fraction of sp³-hybridized carbons (Fsp3) is 0.286. The Balaban J connectivity index is 2.59. The number of hydrogen-bond donors (Lipinski definition) is 1. The number of hydrogen-bond acceptors (Lipinski definition) is 3. The third-order valence-electron chi connectivity index (χ3n) is 1.23. The molecule has 0 aromatic carbocycles. The monoisotopic (exact) mass is 138 g/mol. The average molecular weight is 138 g/mol. The zero-order valence-corrected chi connectivity index (χ0v) is 5.71. The van der Waals surface area contributed by atoms with Crippen LogP contribution in [0.2, 0.25) is 0 Å². The van der Waals surface area contributed by atoms with Gasteiger partial charge < -0.3 is 10.2 Å². The molecule has 0 radical (unpaired) electrons. The van der Waals surface area contributed by atoms with Crippen molar-refractivity contribution in [3.8, 4) is 0 Å². The van der Waals surface area contributed by atoms with Gasteiger partial charge in [-0.05, 0) is 18.5 Å². The summed E-state index contributed by atoms with van der Waals surface area (Å²) in [4.78, 5) is 3.76. The van der Waals surface area contributed by atoms with Gasteiger partial charge in [-0.3, -0.25) is 0 Å². The van der Waals surface area contributed by atoms with Crippen LogP contribution in [0.25, 0.3) is 5.57 Å². The molecule has 10 heavy (non-hydrogen) atoms. The normalized spacial score (nSPS) is 9.70. The van der Waals surface area contributed by atoms with Gasteiger partial charge in [0, 0.05) is 0 Å². The molecule has 0 aliphatic heterocycles. The van der Waals surface area contributed by atoms with Crippen molar-refractivity contribution in [3.05, 3.63) is 24.9 Å². The molecule has 1 rings (SSSR count). The van der Waals surface area contributed by atoms with Crippen molar-refractivity contribution in [2.75, 3.05) is 6.54 Å². The summed E-state index contributed by atoms with van der Waals surface area (Å²) in [6, 6.07) is 0. The molecule has 0 amide bonds. The topological polar surface area (TPSA) is 52.0 Å². The van der Waals surface area contributed by atoms with Crippen LogP contribution in [0.15, 0.2) is 23.6 Å². The first-order chi connectivity index (χ1) is 4.84. The zero-order chi connectivity index (χ0) is 7.40. The van der Waals surface area contributed by atoms with Crippen LogP contribution in [0.1, 0.15) is 12.2 Å². The fourth-order valence-corrected chi connectivity index (χ4v) is 0.688. The van der Waals surface area contributed by atoms with E-state index in [4.69, 9.17) is 10.2 Å². The van der Waals surface area contributed by atoms with Crippen molar-refractivity contribution in [2.45, 2.75) is 6.42 Å². The Morgan fingerprint density at radius 2 is 2.60 bits per heavy atom.